The summed E-state index contributed by atoms with van der Waals surface area (Å²) in [6.45, 7) is 1.43. The van der Waals surface area contributed by atoms with E-state index in [0.717, 1.165) is 4.90 Å². The predicted octanol–water partition coefficient (Wildman–Crippen LogP) is 0.249. The Bertz CT molecular complexity index is 660. The fraction of sp³-hybridized carbons (Fsp3) is 0.214. The Morgan fingerprint density at radius 2 is 1.73 bits per heavy atom. The van der Waals surface area contributed by atoms with E-state index in [-0.39, 0.29) is 6.54 Å². The van der Waals surface area contributed by atoms with Crippen LogP contribution in [-0.4, -0.2) is 46.0 Å². The van der Waals surface area contributed by atoms with E-state index in [2.05, 4.69) is 10.5 Å². The Hall–Kier alpha value is -3.03. The second kappa shape index (κ2) is 6.17. The van der Waals surface area contributed by atoms with Crippen LogP contribution in [0, 0.1) is 0 Å². The van der Waals surface area contributed by atoms with Crippen LogP contribution in [0.15, 0.2) is 29.4 Å². The Balaban J connectivity index is 2.03. The van der Waals surface area contributed by atoms with Gasteiger partial charge in [0.1, 0.15) is 6.42 Å². The Morgan fingerprint density at radius 1 is 1.18 bits per heavy atom. The molecular weight excluding hydrogens is 290 g/mol. The number of carboxylic acids is 1. The molecule has 0 unspecified atom stereocenters. The molecule has 3 amide bonds. The molecule has 0 atom stereocenters. The van der Waals surface area contributed by atoms with Crippen molar-refractivity contribution in [3.8, 4) is 0 Å². The van der Waals surface area contributed by atoms with E-state index in [4.69, 9.17) is 5.11 Å². The first-order chi connectivity index (χ1) is 10.4. The summed E-state index contributed by atoms with van der Waals surface area (Å²) in [4.78, 5) is 46.7. The molecule has 1 heterocycles. The van der Waals surface area contributed by atoms with E-state index in [1.165, 1.54) is 6.92 Å². The number of hydrogen-bond donors (Lipinski definition) is 2. The summed E-state index contributed by atoms with van der Waals surface area (Å²) in [5.41, 5.74) is 3.01. The number of carbonyl (C=O) groups excluding carboxylic acids is 3. The van der Waals surface area contributed by atoms with E-state index in [1.54, 1.807) is 24.3 Å². The van der Waals surface area contributed by atoms with Crippen molar-refractivity contribution in [1.29, 1.82) is 0 Å². The highest BCUT2D eigenvalue weighted by Gasteiger charge is 2.35. The van der Waals surface area contributed by atoms with Crippen molar-refractivity contribution in [2.24, 2.45) is 5.10 Å². The van der Waals surface area contributed by atoms with Gasteiger partial charge in [0.05, 0.1) is 23.4 Å². The molecule has 114 valence electrons. The van der Waals surface area contributed by atoms with Crippen LogP contribution in [0.3, 0.4) is 0 Å². The van der Waals surface area contributed by atoms with Crippen LogP contribution in [0.1, 0.15) is 34.1 Å². The van der Waals surface area contributed by atoms with Gasteiger partial charge in [0.25, 0.3) is 17.7 Å². The quantitative estimate of drug-likeness (QED) is 0.350. The highest BCUT2D eigenvalue weighted by Crippen LogP contribution is 2.21. The number of carboxylic acid groups (broad SMARTS) is 1. The van der Waals surface area contributed by atoms with Crippen LogP contribution in [0.2, 0.25) is 0 Å². The SMILES string of the molecule is C/C(CN1C(=O)c2ccccc2C1=O)=N/NC(=O)CC(=O)O. The van der Waals surface area contributed by atoms with Gasteiger partial charge >= 0.3 is 5.97 Å². The van der Waals surface area contributed by atoms with Crippen LogP contribution in [-0.2, 0) is 9.59 Å². The lowest BCUT2D eigenvalue weighted by atomic mass is 10.1. The van der Waals surface area contributed by atoms with Crippen molar-refractivity contribution in [1.82, 2.24) is 10.3 Å². The number of imide groups is 1. The molecule has 1 aromatic rings. The molecule has 0 spiro atoms. The Morgan fingerprint density at radius 3 is 2.23 bits per heavy atom. The number of fused-ring (bicyclic) bond motifs is 1. The highest BCUT2D eigenvalue weighted by atomic mass is 16.4. The van der Waals surface area contributed by atoms with E-state index in [9.17, 15) is 19.2 Å². The van der Waals surface area contributed by atoms with Gasteiger partial charge < -0.3 is 5.11 Å². The fourth-order valence-electron chi connectivity index (χ4n) is 1.98. The molecule has 8 nitrogen and oxygen atoms in total. The lowest BCUT2D eigenvalue weighted by Gasteiger charge is -2.13. The second-order valence-electron chi connectivity index (χ2n) is 4.69. The van der Waals surface area contributed by atoms with Gasteiger partial charge in [-0.05, 0) is 19.1 Å². The van der Waals surface area contributed by atoms with Crippen molar-refractivity contribution >= 4 is 29.4 Å². The maximum Gasteiger partial charge on any atom is 0.312 e. The first kappa shape index (κ1) is 15.4. The maximum atomic E-state index is 12.1. The Kier molecular flexibility index (Phi) is 4.31. The van der Waals surface area contributed by atoms with E-state index < -0.39 is 30.1 Å². The number of hydrogen-bond acceptors (Lipinski definition) is 5. The minimum absolute atomic E-state index is 0.0836. The number of carbonyl (C=O) groups is 4. The predicted molar refractivity (Wildman–Crippen MR) is 75.3 cm³/mol. The molecule has 0 aromatic heterocycles. The summed E-state index contributed by atoms with van der Waals surface area (Å²) < 4.78 is 0. The number of amides is 3. The van der Waals surface area contributed by atoms with Gasteiger partial charge in [-0.15, -0.1) is 0 Å². The van der Waals surface area contributed by atoms with Crippen LogP contribution in [0.4, 0.5) is 0 Å². The van der Waals surface area contributed by atoms with Gasteiger partial charge in [0.15, 0.2) is 0 Å². The molecule has 0 bridgehead atoms. The first-order valence-corrected chi connectivity index (χ1v) is 6.39. The topological polar surface area (TPSA) is 116 Å². The van der Waals surface area contributed by atoms with Crippen molar-refractivity contribution in [2.45, 2.75) is 13.3 Å². The number of nitrogens with zero attached hydrogens (tertiary/aromatic N) is 2. The maximum absolute atomic E-state index is 12.1. The fourth-order valence-corrected chi connectivity index (χ4v) is 1.98. The van der Waals surface area contributed by atoms with E-state index in [0.29, 0.717) is 16.8 Å². The smallest absolute Gasteiger partial charge is 0.312 e. The molecular formula is C14H13N3O5. The molecule has 1 aliphatic heterocycles. The lowest BCUT2D eigenvalue weighted by Crippen LogP contribution is -2.35. The summed E-state index contributed by atoms with van der Waals surface area (Å²) >= 11 is 0. The van der Waals surface area contributed by atoms with Gasteiger partial charge in [-0.3, -0.25) is 24.1 Å². The van der Waals surface area contributed by atoms with Gasteiger partial charge in [-0.25, -0.2) is 5.43 Å². The molecule has 0 saturated heterocycles. The average Bonchev–Trinajstić information content (AvgIpc) is 2.70. The monoisotopic (exact) mass is 303 g/mol. The number of benzene rings is 1. The van der Waals surface area contributed by atoms with Gasteiger partial charge in [-0.2, -0.15) is 5.10 Å². The van der Waals surface area contributed by atoms with Gasteiger partial charge in [0, 0.05) is 0 Å². The third-order valence-electron chi connectivity index (χ3n) is 2.95. The minimum atomic E-state index is -1.27. The van der Waals surface area contributed by atoms with Crippen molar-refractivity contribution in [3.63, 3.8) is 0 Å². The Labute approximate surface area is 125 Å². The number of hydrazone groups is 1. The van der Waals surface area contributed by atoms with Crippen molar-refractivity contribution in [3.05, 3.63) is 35.4 Å². The zero-order valence-electron chi connectivity index (χ0n) is 11.7. The zero-order chi connectivity index (χ0) is 16.3. The molecule has 0 radical (unpaired) electrons. The summed E-state index contributed by atoms with van der Waals surface area (Å²) in [6, 6.07) is 6.47. The number of rotatable bonds is 5. The molecule has 2 N–H and O–H groups in total. The molecule has 1 aromatic carbocycles. The molecule has 22 heavy (non-hydrogen) atoms. The number of nitrogens with one attached hydrogen (secondary N) is 1. The average molecular weight is 303 g/mol. The van der Waals surface area contributed by atoms with E-state index in [1.807, 2.05) is 0 Å². The normalized spacial score (nSPS) is 14.0. The standard InChI is InChI=1S/C14H13N3O5/c1-8(15-16-11(18)6-12(19)20)7-17-13(21)9-4-2-3-5-10(9)14(17)22/h2-5H,6-7H2,1H3,(H,16,18)(H,19,20)/b15-8-. The van der Waals surface area contributed by atoms with Crippen molar-refractivity contribution in [2.75, 3.05) is 6.54 Å². The lowest BCUT2D eigenvalue weighted by molar-refractivity contribution is -0.140. The van der Waals surface area contributed by atoms with Crippen molar-refractivity contribution < 1.29 is 24.3 Å². The molecule has 0 aliphatic carbocycles. The summed E-state index contributed by atoms with van der Waals surface area (Å²) in [6.07, 6.45) is -0.705. The van der Waals surface area contributed by atoms with Crippen LogP contribution < -0.4 is 5.43 Å². The highest BCUT2D eigenvalue weighted by molar-refractivity contribution is 6.22. The van der Waals surface area contributed by atoms with Crippen LogP contribution >= 0.6 is 0 Å². The summed E-state index contributed by atoms with van der Waals surface area (Å²) in [5, 5.41) is 12.1. The molecule has 1 aliphatic rings. The first-order valence-electron chi connectivity index (χ1n) is 6.39. The number of aliphatic carboxylic acids is 1. The summed E-state index contributed by atoms with van der Waals surface area (Å²) in [5.74, 6) is -2.90. The second-order valence-corrected chi connectivity index (χ2v) is 4.69. The van der Waals surface area contributed by atoms with Gasteiger partial charge in [-0.1, -0.05) is 12.1 Å². The molecule has 0 saturated carbocycles. The van der Waals surface area contributed by atoms with Crippen LogP contribution in [0.25, 0.3) is 0 Å². The zero-order valence-corrected chi connectivity index (χ0v) is 11.7. The third kappa shape index (κ3) is 3.17. The molecule has 8 heteroatoms. The van der Waals surface area contributed by atoms with E-state index >= 15 is 0 Å². The molecule has 0 fully saturated rings. The van der Waals surface area contributed by atoms with Crippen LogP contribution in [0.5, 0.6) is 0 Å². The minimum Gasteiger partial charge on any atom is -0.481 e. The largest absolute Gasteiger partial charge is 0.481 e. The van der Waals surface area contributed by atoms with Gasteiger partial charge in [0.2, 0.25) is 0 Å². The summed E-state index contributed by atoms with van der Waals surface area (Å²) in [7, 11) is 0. The molecule has 2 rings (SSSR count). The third-order valence-corrected chi connectivity index (χ3v) is 2.95.